The molecular weight excluding hydrogens is 542 g/mol. The number of carbonyl (C=O) groups excluding carboxylic acids is 1. The number of carbonyl (C=O) groups is 2. The van der Waals surface area contributed by atoms with E-state index >= 15 is 0 Å². The van der Waals surface area contributed by atoms with Crippen molar-refractivity contribution in [2.24, 2.45) is 5.92 Å². The number of aliphatic hydroxyl groups is 1. The summed E-state index contributed by atoms with van der Waals surface area (Å²) in [6, 6.07) is 20.6. The molecule has 0 aromatic heterocycles. The van der Waals surface area contributed by atoms with Gasteiger partial charge >= 0.3 is 6.09 Å². The van der Waals surface area contributed by atoms with E-state index in [0.29, 0.717) is 53.4 Å². The van der Waals surface area contributed by atoms with E-state index in [1.165, 1.54) is 0 Å². The van der Waals surface area contributed by atoms with E-state index in [1.54, 1.807) is 13.2 Å². The number of nitrogens with zero attached hydrogens (tertiary/aromatic N) is 1. The second-order valence-corrected chi connectivity index (χ2v) is 10.9. The van der Waals surface area contributed by atoms with E-state index in [0.717, 1.165) is 24.1 Å². The van der Waals surface area contributed by atoms with Gasteiger partial charge in [0.15, 0.2) is 0 Å². The molecule has 0 bridgehead atoms. The monoisotopic (exact) mass is 579 g/mol. The van der Waals surface area contributed by atoms with Crippen LogP contribution < -0.4 is 15.4 Å². The van der Waals surface area contributed by atoms with Gasteiger partial charge in [0.05, 0.1) is 12.7 Å². The summed E-state index contributed by atoms with van der Waals surface area (Å²) in [5, 5.41) is 27.7. The summed E-state index contributed by atoms with van der Waals surface area (Å²) >= 11 is 6.79. The first-order valence-corrected chi connectivity index (χ1v) is 14.3. The standard InChI is InChI=1S/C32H38ClN3O5/c1-34-20-22-12-14-23(15-13-22)30(37)36-18-5-8-25(21-36)32(40,16-6-17-35-31(38)39)27-10-4-11-28(33)29(27)24-7-3-9-26(19-24)41-2/h3-4,7,9-15,19,25,34-35,40H,5-6,8,16-18,20-21H2,1-2H3,(H,38,39)/t25-,32+/m1/s1. The number of methoxy groups -OCH3 is 1. The van der Waals surface area contributed by atoms with E-state index in [9.17, 15) is 14.7 Å². The molecule has 8 nitrogen and oxygen atoms in total. The van der Waals surface area contributed by atoms with Crippen LogP contribution in [0.4, 0.5) is 4.79 Å². The maximum Gasteiger partial charge on any atom is 0.404 e. The molecule has 0 radical (unpaired) electrons. The Morgan fingerprint density at radius 2 is 1.88 bits per heavy atom. The molecule has 1 aliphatic rings. The molecule has 218 valence electrons. The fourth-order valence-electron chi connectivity index (χ4n) is 5.77. The summed E-state index contributed by atoms with van der Waals surface area (Å²) in [6.07, 6.45) is 1.03. The zero-order chi connectivity index (χ0) is 29.4. The van der Waals surface area contributed by atoms with Gasteiger partial charge in [-0.2, -0.15) is 0 Å². The minimum absolute atomic E-state index is 0.0697. The molecule has 1 aliphatic heterocycles. The molecule has 2 amide bonds. The van der Waals surface area contributed by atoms with Crippen molar-refractivity contribution in [3.05, 3.63) is 88.4 Å². The molecule has 4 N–H and O–H groups in total. The predicted octanol–water partition coefficient (Wildman–Crippen LogP) is 5.52. The molecule has 41 heavy (non-hydrogen) atoms. The lowest BCUT2D eigenvalue weighted by molar-refractivity contribution is -0.0563. The largest absolute Gasteiger partial charge is 0.497 e. The number of carboxylic acid groups (broad SMARTS) is 1. The summed E-state index contributed by atoms with van der Waals surface area (Å²) in [4.78, 5) is 26.5. The number of hydrogen-bond acceptors (Lipinski definition) is 5. The van der Waals surface area contributed by atoms with Crippen LogP contribution in [0, 0.1) is 5.92 Å². The first-order chi connectivity index (χ1) is 19.8. The van der Waals surface area contributed by atoms with Gasteiger partial charge in [0.2, 0.25) is 0 Å². The molecule has 0 unspecified atom stereocenters. The van der Waals surface area contributed by atoms with Crippen LogP contribution in [0.15, 0.2) is 66.7 Å². The second-order valence-electron chi connectivity index (χ2n) is 10.5. The minimum atomic E-state index is -1.38. The maximum atomic E-state index is 13.5. The van der Waals surface area contributed by atoms with Crippen LogP contribution in [0.5, 0.6) is 5.75 Å². The van der Waals surface area contributed by atoms with Crippen LogP contribution in [0.3, 0.4) is 0 Å². The van der Waals surface area contributed by atoms with Gasteiger partial charge in [0.25, 0.3) is 5.91 Å². The molecule has 3 aromatic rings. The Labute approximate surface area is 246 Å². The van der Waals surface area contributed by atoms with Gasteiger partial charge in [-0.25, -0.2) is 4.79 Å². The summed E-state index contributed by atoms with van der Waals surface area (Å²) < 4.78 is 5.45. The lowest BCUT2D eigenvalue weighted by Gasteiger charge is -2.44. The van der Waals surface area contributed by atoms with Crippen LogP contribution >= 0.6 is 11.6 Å². The van der Waals surface area contributed by atoms with Gasteiger partial charge in [0.1, 0.15) is 5.75 Å². The first-order valence-electron chi connectivity index (χ1n) is 13.9. The Bertz CT molecular complexity index is 1350. The molecule has 1 fully saturated rings. The third-order valence-corrected chi connectivity index (χ3v) is 8.13. The second kappa shape index (κ2) is 13.9. The lowest BCUT2D eigenvalue weighted by atomic mass is 9.72. The normalized spacial score (nSPS) is 16.6. The number of likely N-dealkylation sites (tertiary alicyclic amines) is 1. The SMILES string of the molecule is CNCc1ccc(C(=O)N2CCC[C@@H]([C@@](O)(CCCNC(=O)O)c3cccc(Cl)c3-c3cccc(OC)c3)C2)cc1. The summed E-state index contributed by atoms with van der Waals surface area (Å²) in [6.45, 7) is 1.88. The Morgan fingerprint density at radius 3 is 2.59 bits per heavy atom. The Hall–Kier alpha value is -3.59. The highest BCUT2D eigenvalue weighted by Crippen LogP contribution is 2.46. The average Bonchev–Trinajstić information content (AvgIpc) is 2.99. The highest BCUT2D eigenvalue weighted by molar-refractivity contribution is 6.33. The number of nitrogens with one attached hydrogen (secondary N) is 2. The van der Waals surface area contributed by atoms with Gasteiger partial charge in [-0.3, -0.25) is 4.79 Å². The molecular formula is C32H38ClN3O5. The molecule has 0 spiro atoms. The van der Waals surface area contributed by atoms with E-state index in [-0.39, 0.29) is 24.8 Å². The number of rotatable bonds is 11. The van der Waals surface area contributed by atoms with E-state index in [1.807, 2.05) is 72.6 Å². The maximum absolute atomic E-state index is 13.5. The van der Waals surface area contributed by atoms with Gasteiger partial charge in [-0.05, 0) is 79.8 Å². The highest BCUT2D eigenvalue weighted by Gasteiger charge is 2.43. The smallest absolute Gasteiger partial charge is 0.404 e. The van der Waals surface area contributed by atoms with E-state index < -0.39 is 11.7 Å². The quantitative estimate of drug-likeness (QED) is 0.223. The van der Waals surface area contributed by atoms with Crippen LogP contribution in [0.2, 0.25) is 5.02 Å². The summed E-state index contributed by atoms with van der Waals surface area (Å²) in [5.74, 6) is 0.300. The molecule has 2 atom stereocenters. The van der Waals surface area contributed by atoms with Gasteiger partial charge in [0, 0.05) is 48.2 Å². The van der Waals surface area contributed by atoms with Crippen LogP contribution in [0.25, 0.3) is 11.1 Å². The number of amides is 2. The fourth-order valence-corrected chi connectivity index (χ4v) is 6.06. The summed E-state index contributed by atoms with van der Waals surface area (Å²) in [5.41, 5.74) is 2.49. The topological polar surface area (TPSA) is 111 Å². The highest BCUT2D eigenvalue weighted by atomic mass is 35.5. The molecule has 0 aliphatic carbocycles. The van der Waals surface area contributed by atoms with Gasteiger partial charge < -0.3 is 30.5 Å². The van der Waals surface area contributed by atoms with Crippen molar-refractivity contribution in [1.29, 1.82) is 0 Å². The molecule has 4 rings (SSSR count). The number of ether oxygens (including phenoxy) is 1. The van der Waals surface area contributed by atoms with Crippen molar-refractivity contribution in [2.45, 2.75) is 37.8 Å². The molecule has 1 saturated heterocycles. The van der Waals surface area contributed by atoms with E-state index in [4.69, 9.17) is 21.4 Å². The molecule has 3 aromatic carbocycles. The number of piperidine rings is 1. The van der Waals surface area contributed by atoms with Gasteiger partial charge in [-0.1, -0.05) is 48.0 Å². The van der Waals surface area contributed by atoms with Crippen LogP contribution in [0.1, 0.15) is 47.2 Å². The zero-order valence-corrected chi connectivity index (χ0v) is 24.3. The average molecular weight is 580 g/mol. The number of halogens is 1. The fraction of sp³-hybridized carbons (Fsp3) is 0.375. The molecule has 1 heterocycles. The zero-order valence-electron chi connectivity index (χ0n) is 23.5. The number of benzene rings is 3. The Morgan fingerprint density at radius 1 is 1.12 bits per heavy atom. The Kier molecular flexibility index (Phi) is 10.3. The third kappa shape index (κ3) is 7.19. The van der Waals surface area contributed by atoms with Crippen LogP contribution in [-0.4, -0.2) is 60.9 Å². The van der Waals surface area contributed by atoms with E-state index in [2.05, 4.69) is 10.6 Å². The molecule has 9 heteroatoms. The minimum Gasteiger partial charge on any atom is -0.497 e. The molecule has 0 saturated carbocycles. The van der Waals surface area contributed by atoms with Crippen molar-refractivity contribution in [3.63, 3.8) is 0 Å². The van der Waals surface area contributed by atoms with Crippen molar-refractivity contribution < 1.29 is 24.5 Å². The van der Waals surface area contributed by atoms with Crippen molar-refractivity contribution in [2.75, 3.05) is 33.8 Å². The lowest BCUT2D eigenvalue weighted by Crippen LogP contribution is -2.48. The first kappa shape index (κ1) is 30.4. The van der Waals surface area contributed by atoms with Crippen LogP contribution in [-0.2, 0) is 12.1 Å². The Balaban J connectivity index is 1.69. The van der Waals surface area contributed by atoms with Gasteiger partial charge in [-0.15, -0.1) is 0 Å². The third-order valence-electron chi connectivity index (χ3n) is 7.82. The predicted molar refractivity (Wildman–Crippen MR) is 160 cm³/mol. The van der Waals surface area contributed by atoms with Crippen molar-refractivity contribution in [3.8, 4) is 16.9 Å². The number of hydrogen-bond donors (Lipinski definition) is 4. The van der Waals surface area contributed by atoms with Crippen molar-refractivity contribution in [1.82, 2.24) is 15.5 Å². The summed E-state index contributed by atoms with van der Waals surface area (Å²) in [7, 11) is 3.48. The van der Waals surface area contributed by atoms with Crippen molar-refractivity contribution >= 4 is 23.6 Å².